The highest BCUT2D eigenvalue weighted by atomic mass is 16.5. The molecule has 2 rings (SSSR count). The van der Waals surface area contributed by atoms with Crippen molar-refractivity contribution in [1.82, 2.24) is 5.32 Å². The second kappa shape index (κ2) is 9.03. The first-order valence-corrected chi connectivity index (χ1v) is 9.08. The molecule has 1 amide bonds. The average molecular weight is 363 g/mol. The van der Waals surface area contributed by atoms with Crippen molar-refractivity contribution in [2.24, 2.45) is 11.8 Å². The summed E-state index contributed by atoms with van der Waals surface area (Å²) >= 11 is 0. The molecule has 6 heteroatoms. The smallest absolute Gasteiger partial charge is 0.341 e. The van der Waals surface area contributed by atoms with E-state index >= 15 is 0 Å². The van der Waals surface area contributed by atoms with Gasteiger partial charge in [0.15, 0.2) is 6.61 Å². The van der Waals surface area contributed by atoms with Crippen molar-refractivity contribution >= 4 is 11.9 Å². The van der Waals surface area contributed by atoms with Gasteiger partial charge in [0.05, 0.1) is 6.61 Å². The summed E-state index contributed by atoms with van der Waals surface area (Å²) in [5.74, 6) is -0.121. The van der Waals surface area contributed by atoms with Gasteiger partial charge in [-0.3, -0.25) is 4.79 Å². The molecule has 144 valence electrons. The van der Waals surface area contributed by atoms with Gasteiger partial charge in [0.2, 0.25) is 5.91 Å². The highest BCUT2D eigenvalue weighted by molar-refractivity contribution is 5.78. The van der Waals surface area contributed by atoms with Crippen LogP contribution in [-0.4, -0.2) is 43.9 Å². The van der Waals surface area contributed by atoms with Gasteiger partial charge in [-0.25, -0.2) is 4.79 Å². The third-order valence-corrected chi connectivity index (χ3v) is 5.32. The number of benzene rings is 1. The first-order chi connectivity index (χ1) is 12.3. The maximum Gasteiger partial charge on any atom is 0.341 e. The maximum atomic E-state index is 12.4. The third kappa shape index (κ3) is 4.75. The van der Waals surface area contributed by atoms with Crippen LogP contribution >= 0.6 is 0 Å². The predicted octanol–water partition coefficient (Wildman–Crippen LogP) is 2.27. The number of carbonyl (C=O) groups is 2. The largest absolute Gasteiger partial charge is 0.482 e. The second-order valence-electron chi connectivity index (χ2n) is 7.03. The van der Waals surface area contributed by atoms with Gasteiger partial charge in [0.25, 0.3) is 0 Å². The van der Waals surface area contributed by atoms with Crippen LogP contribution in [0.25, 0.3) is 0 Å². The van der Waals surface area contributed by atoms with Crippen molar-refractivity contribution in [3.63, 3.8) is 0 Å². The third-order valence-electron chi connectivity index (χ3n) is 5.32. The molecule has 1 aromatic rings. The first-order valence-electron chi connectivity index (χ1n) is 9.08. The number of carboxylic acids is 1. The van der Waals surface area contributed by atoms with Crippen LogP contribution in [0, 0.1) is 25.7 Å². The molecule has 0 unspecified atom stereocenters. The molecule has 0 aromatic heterocycles. The number of ether oxygens (including phenoxy) is 2. The summed E-state index contributed by atoms with van der Waals surface area (Å²) in [5.41, 5.74) is 4.64. The lowest BCUT2D eigenvalue weighted by molar-refractivity contribution is -0.139. The van der Waals surface area contributed by atoms with Crippen molar-refractivity contribution < 1.29 is 24.2 Å². The van der Waals surface area contributed by atoms with E-state index in [-0.39, 0.29) is 24.3 Å². The Morgan fingerprint density at radius 2 is 2.08 bits per heavy atom. The molecule has 2 atom stereocenters. The number of amides is 1. The molecular weight excluding hydrogens is 334 g/mol. The standard InChI is InChI=1S/C20H29NO5/c1-12-9-18(26-11-19(22)23)14(3)17-10-15(5-6-16(12)17)13(2)20(24)21-7-8-25-4/h9,13,15H,5-8,10-11H2,1-4H3,(H,21,24)(H,22,23)/t13-,15+/m0/s1. The summed E-state index contributed by atoms with van der Waals surface area (Å²) in [7, 11) is 1.61. The van der Waals surface area contributed by atoms with Crippen LogP contribution in [0.3, 0.4) is 0 Å². The summed E-state index contributed by atoms with van der Waals surface area (Å²) in [4.78, 5) is 23.2. The topological polar surface area (TPSA) is 84.9 Å². The molecule has 0 fully saturated rings. The van der Waals surface area contributed by atoms with E-state index in [9.17, 15) is 9.59 Å². The van der Waals surface area contributed by atoms with Crippen molar-refractivity contribution in [3.8, 4) is 5.75 Å². The Morgan fingerprint density at radius 1 is 1.35 bits per heavy atom. The Bertz CT molecular complexity index is 671. The van der Waals surface area contributed by atoms with Crippen molar-refractivity contribution in [2.45, 2.75) is 40.0 Å². The lowest BCUT2D eigenvalue weighted by Crippen LogP contribution is -2.37. The molecule has 0 heterocycles. The first kappa shape index (κ1) is 20.2. The van der Waals surface area contributed by atoms with E-state index in [1.807, 2.05) is 26.8 Å². The highest BCUT2D eigenvalue weighted by Crippen LogP contribution is 2.37. The quantitative estimate of drug-likeness (QED) is 0.692. The fourth-order valence-corrected chi connectivity index (χ4v) is 3.69. The average Bonchev–Trinajstić information content (AvgIpc) is 2.62. The molecule has 0 saturated heterocycles. The van der Waals surface area contributed by atoms with Crippen LogP contribution in [0.2, 0.25) is 0 Å². The van der Waals surface area contributed by atoms with E-state index in [2.05, 4.69) is 5.32 Å². The van der Waals surface area contributed by atoms with Gasteiger partial charge in [-0.15, -0.1) is 0 Å². The Morgan fingerprint density at radius 3 is 2.73 bits per heavy atom. The molecule has 0 spiro atoms. The van der Waals surface area contributed by atoms with E-state index in [1.54, 1.807) is 7.11 Å². The molecule has 6 nitrogen and oxygen atoms in total. The Labute approximate surface area is 154 Å². The van der Waals surface area contributed by atoms with Crippen molar-refractivity contribution in [3.05, 3.63) is 28.3 Å². The second-order valence-corrected chi connectivity index (χ2v) is 7.03. The van der Waals surface area contributed by atoms with Crippen LogP contribution in [0.4, 0.5) is 0 Å². The zero-order valence-corrected chi connectivity index (χ0v) is 16.1. The van der Waals surface area contributed by atoms with E-state index < -0.39 is 5.97 Å². The maximum absolute atomic E-state index is 12.4. The van der Waals surface area contributed by atoms with E-state index in [4.69, 9.17) is 14.6 Å². The Hall–Kier alpha value is -2.08. The molecular formula is C20H29NO5. The minimum absolute atomic E-state index is 0.0585. The lowest BCUT2D eigenvalue weighted by atomic mass is 9.74. The normalized spacial score (nSPS) is 17.3. The highest BCUT2D eigenvalue weighted by Gasteiger charge is 2.30. The molecule has 0 bridgehead atoms. The summed E-state index contributed by atoms with van der Waals surface area (Å²) in [6, 6.07) is 1.93. The van der Waals surface area contributed by atoms with Crippen LogP contribution in [0.1, 0.15) is 35.6 Å². The van der Waals surface area contributed by atoms with Gasteiger partial charge in [-0.2, -0.15) is 0 Å². The molecule has 1 aliphatic rings. The number of carbonyl (C=O) groups excluding carboxylic acids is 1. The molecule has 1 aliphatic carbocycles. The van der Waals surface area contributed by atoms with Gasteiger partial charge in [0, 0.05) is 19.6 Å². The molecule has 1 aromatic carbocycles. The number of fused-ring (bicyclic) bond motifs is 1. The monoisotopic (exact) mass is 363 g/mol. The zero-order chi connectivity index (χ0) is 19.3. The van der Waals surface area contributed by atoms with Crippen LogP contribution in [-0.2, 0) is 27.2 Å². The number of methoxy groups -OCH3 is 1. The minimum atomic E-state index is -0.987. The fourth-order valence-electron chi connectivity index (χ4n) is 3.69. The molecule has 0 saturated carbocycles. The van der Waals surface area contributed by atoms with Crippen LogP contribution < -0.4 is 10.1 Å². The Balaban J connectivity index is 2.15. The predicted molar refractivity (Wildman–Crippen MR) is 98.6 cm³/mol. The fraction of sp³-hybridized carbons (Fsp3) is 0.600. The van der Waals surface area contributed by atoms with Crippen LogP contribution in [0.15, 0.2) is 6.07 Å². The zero-order valence-electron chi connectivity index (χ0n) is 16.1. The summed E-state index contributed by atoms with van der Waals surface area (Å²) in [6.07, 6.45) is 2.72. The van der Waals surface area contributed by atoms with Crippen LogP contribution in [0.5, 0.6) is 5.75 Å². The number of hydrogen-bond donors (Lipinski definition) is 2. The van der Waals surface area contributed by atoms with E-state index in [0.29, 0.717) is 18.9 Å². The van der Waals surface area contributed by atoms with Gasteiger partial charge < -0.3 is 19.9 Å². The minimum Gasteiger partial charge on any atom is -0.482 e. The lowest BCUT2D eigenvalue weighted by Gasteiger charge is -2.31. The van der Waals surface area contributed by atoms with Gasteiger partial charge in [0.1, 0.15) is 5.75 Å². The van der Waals surface area contributed by atoms with Crippen molar-refractivity contribution in [1.29, 1.82) is 0 Å². The molecule has 26 heavy (non-hydrogen) atoms. The molecule has 0 radical (unpaired) electrons. The number of hydrogen-bond acceptors (Lipinski definition) is 4. The van der Waals surface area contributed by atoms with E-state index in [0.717, 1.165) is 30.4 Å². The van der Waals surface area contributed by atoms with Gasteiger partial charge in [-0.1, -0.05) is 6.92 Å². The van der Waals surface area contributed by atoms with E-state index in [1.165, 1.54) is 11.1 Å². The number of nitrogens with one attached hydrogen (secondary N) is 1. The van der Waals surface area contributed by atoms with Gasteiger partial charge in [-0.05, 0) is 67.3 Å². The summed E-state index contributed by atoms with van der Waals surface area (Å²) < 4.78 is 10.4. The number of aryl methyl sites for hydroxylation is 1. The van der Waals surface area contributed by atoms with Crippen molar-refractivity contribution in [2.75, 3.05) is 26.9 Å². The summed E-state index contributed by atoms with van der Waals surface area (Å²) in [6.45, 7) is 6.67. The SMILES string of the molecule is COCCNC(=O)[C@@H](C)[C@@H]1CCc2c(C)cc(OCC(=O)O)c(C)c2C1. The number of rotatable bonds is 8. The molecule has 2 N–H and O–H groups in total. The number of carboxylic acid groups (broad SMARTS) is 1. The molecule has 0 aliphatic heterocycles. The van der Waals surface area contributed by atoms with Gasteiger partial charge >= 0.3 is 5.97 Å². The Kier molecular flexibility index (Phi) is 7.03. The summed E-state index contributed by atoms with van der Waals surface area (Å²) in [5, 5.41) is 11.8. The number of aliphatic carboxylic acids is 1.